The van der Waals surface area contributed by atoms with Gasteiger partial charge in [-0.1, -0.05) is 18.2 Å². The lowest BCUT2D eigenvalue weighted by molar-refractivity contribution is -0.143. The highest BCUT2D eigenvalue weighted by molar-refractivity contribution is 7.89. The number of carbonyl (C=O) groups excluding carboxylic acids is 1. The lowest BCUT2D eigenvalue weighted by Gasteiger charge is -2.51. The molecule has 0 aliphatic carbocycles. The molecule has 1 unspecified atom stereocenters. The zero-order chi connectivity index (χ0) is 18.1. The smallest absolute Gasteiger partial charge is 0.243 e. The van der Waals surface area contributed by atoms with Crippen LogP contribution in [-0.4, -0.2) is 48.7 Å². The number of sulfonamides is 1. The van der Waals surface area contributed by atoms with Crippen molar-refractivity contribution in [3.05, 3.63) is 42.5 Å². The molecule has 136 valence electrons. The van der Waals surface area contributed by atoms with Crippen LogP contribution in [0.2, 0.25) is 0 Å². The molecule has 2 fully saturated rings. The van der Waals surface area contributed by atoms with E-state index < -0.39 is 15.6 Å². The molecule has 1 atom stereocenters. The van der Waals surface area contributed by atoms with Gasteiger partial charge in [0, 0.05) is 26.1 Å². The molecule has 6 heteroatoms. The number of nitrogens with zero attached hydrogens (tertiary/aromatic N) is 2. The van der Waals surface area contributed by atoms with Crippen molar-refractivity contribution in [1.82, 2.24) is 9.21 Å². The molecule has 2 saturated heterocycles. The minimum absolute atomic E-state index is 0.112. The first-order chi connectivity index (χ1) is 11.9. The zero-order valence-electron chi connectivity index (χ0n) is 14.8. The molecule has 25 heavy (non-hydrogen) atoms. The lowest BCUT2D eigenvalue weighted by Crippen LogP contribution is -2.63. The van der Waals surface area contributed by atoms with Gasteiger partial charge in [0.05, 0.1) is 10.4 Å². The molecular formula is C19H26N2O3S. The van der Waals surface area contributed by atoms with Crippen LogP contribution in [0.5, 0.6) is 0 Å². The molecule has 0 N–H and O–H groups in total. The van der Waals surface area contributed by atoms with Gasteiger partial charge in [0.15, 0.2) is 0 Å². The van der Waals surface area contributed by atoms with Crippen LogP contribution in [0.25, 0.3) is 0 Å². The highest BCUT2D eigenvalue weighted by Crippen LogP contribution is 2.38. The molecule has 2 aliphatic heterocycles. The summed E-state index contributed by atoms with van der Waals surface area (Å²) in [4.78, 5) is 14.6. The Hall–Kier alpha value is -1.66. The van der Waals surface area contributed by atoms with Gasteiger partial charge in [-0.05, 0) is 50.3 Å². The molecule has 0 bridgehead atoms. The first-order valence-corrected chi connectivity index (χ1v) is 10.3. The van der Waals surface area contributed by atoms with E-state index in [1.165, 1.54) is 0 Å². The van der Waals surface area contributed by atoms with E-state index in [1.54, 1.807) is 28.6 Å². The van der Waals surface area contributed by atoms with Crippen LogP contribution in [0.4, 0.5) is 0 Å². The number of benzene rings is 1. The number of aryl methyl sites for hydroxylation is 1. The maximum atomic E-state index is 13.1. The van der Waals surface area contributed by atoms with Gasteiger partial charge in [0.2, 0.25) is 15.9 Å². The molecular weight excluding hydrogens is 336 g/mol. The van der Waals surface area contributed by atoms with Gasteiger partial charge in [-0.2, -0.15) is 4.31 Å². The quantitative estimate of drug-likeness (QED) is 0.774. The third kappa shape index (κ3) is 3.37. The van der Waals surface area contributed by atoms with Gasteiger partial charge in [0.25, 0.3) is 0 Å². The molecule has 1 amide bonds. The summed E-state index contributed by atoms with van der Waals surface area (Å²) in [7, 11) is -3.55. The summed E-state index contributed by atoms with van der Waals surface area (Å²) in [5.74, 6) is 0.112. The molecule has 1 aromatic carbocycles. The van der Waals surface area contributed by atoms with Gasteiger partial charge >= 0.3 is 0 Å². The molecule has 2 heterocycles. The highest BCUT2D eigenvalue weighted by Gasteiger charge is 2.47. The molecule has 2 aliphatic rings. The third-order valence-electron chi connectivity index (χ3n) is 5.37. The minimum Gasteiger partial charge on any atom is -0.332 e. The summed E-state index contributed by atoms with van der Waals surface area (Å²) in [6.45, 7) is 7.03. The van der Waals surface area contributed by atoms with Crippen LogP contribution in [0.3, 0.4) is 0 Å². The lowest BCUT2D eigenvalue weighted by atomic mass is 9.80. The molecule has 1 aromatic rings. The summed E-state index contributed by atoms with van der Waals surface area (Å²) in [5.41, 5.74) is 0.535. The van der Waals surface area contributed by atoms with Crippen molar-refractivity contribution in [2.45, 2.75) is 49.5 Å². The predicted octanol–water partition coefficient (Wildman–Crippen LogP) is 2.72. The summed E-state index contributed by atoms with van der Waals surface area (Å²) in [5, 5.41) is 0. The number of carbonyl (C=O) groups is 1. The number of hydrogen-bond acceptors (Lipinski definition) is 3. The Morgan fingerprint density at radius 2 is 2.04 bits per heavy atom. The minimum atomic E-state index is -3.55. The standard InChI is InChI=1S/C19H26N2O3S/c1-3-12-21-18(22)9-5-10-19(21)11-6-13-20(15-19)25(23,24)17-8-4-7-16(2)14-17/h3-4,7-8,14H,1,5-6,9-13,15H2,2H3. The monoisotopic (exact) mass is 362 g/mol. The average Bonchev–Trinajstić information content (AvgIpc) is 2.59. The second-order valence-corrected chi connectivity index (χ2v) is 9.07. The normalized spacial score (nSPS) is 25.3. The Labute approximate surface area is 150 Å². The largest absolute Gasteiger partial charge is 0.332 e. The van der Waals surface area contributed by atoms with Crippen molar-refractivity contribution in [1.29, 1.82) is 0 Å². The van der Waals surface area contributed by atoms with E-state index in [0.717, 1.165) is 31.2 Å². The number of hydrogen-bond donors (Lipinski definition) is 0. The fourth-order valence-corrected chi connectivity index (χ4v) is 5.82. The fourth-order valence-electron chi connectivity index (χ4n) is 4.15. The van der Waals surface area contributed by atoms with Crippen LogP contribution in [-0.2, 0) is 14.8 Å². The van der Waals surface area contributed by atoms with Crippen molar-refractivity contribution in [2.75, 3.05) is 19.6 Å². The average molecular weight is 362 g/mol. The van der Waals surface area contributed by atoms with Gasteiger partial charge in [0.1, 0.15) is 0 Å². The molecule has 0 aromatic heterocycles. The Balaban J connectivity index is 1.92. The van der Waals surface area contributed by atoms with Gasteiger partial charge in [-0.15, -0.1) is 6.58 Å². The molecule has 1 spiro atoms. The summed E-state index contributed by atoms with van der Waals surface area (Å²) < 4.78 is 27.8. The second kappa shape index (κ2) is 6.92. The van der Waals surface area contributed by atoms with Crippen molar-refractivity contribution in [2.24, 2.45) is 0 Å². The summed E-state index contributed by atoms with van der Waals surface area (Å²) in [6.07, 6.45) is 5.58. The van der Waals surface area contributed by atoms with Crippen LogP contribution in [0.15, 0.2) is 41.8 Å². The predicted molar refractivity (Wildman–Crippen MR) is 97.7 cm³/mol. The number of amides is 1. The topological polar surface area (TPSA) is 57.7 Å². The molecule has 0 saturated carbocycles. The van der Waals surface area contributed by atoms with Crippen molar-refractivity contribution in [3.8, 4) is 0 Å². The Morgan fingerprint density at radius 1 is 1.28 bits per heavy atom. The number of rotatable bonds is 4. The van der Waals surface area contributed by atoms with Crippen LogP contribution >= 0.6 is 0 Å². The highest BCUT2D eigenvalue weighted by atomic mass is 32.2. The number of likely N-dealkylation sites (tertiary alicyclic amines) is 1. The Kier molecular flexibility index (Phi) is 5.02. The SMILES string of the molecule is C=CCN1C(=O)CCCC12CCCN(S(=O)(=O)c1cccc(C)c1)C2. The molecule has 0 radical (unpaired) electrons. The van der Waals surface area contributed by atoms with E-state index in [4.69, 9.17) is 0 Å². The molecule has 3 rings (SSSR count). The zero-order valence-corrected chi connectivity index (χ0v) is 15.6. The Bertz CT molecular complexity index is 771. The van der Waals surface area contributed by atoms with Crippen LogP contribution in [0, 0.1) is 6.92 Å². The first-order valence-electron chi connectivity index (χ1n) is 8.87. The van der Waals surface area contributed by atoms with Gasteiger partial charge in [-0.25, -0.2) is 8.42 Å². The maximum absolute atomic E-state index is 13.1. The van der Waals surface area contributed by atoms with Gasteiger partial charge in [-0.3, -0.25) is 4.79 Å². The van der Waals surface area contributed by atoms with E-state index in [2.05, 4.69) is 6.58 Å². The van der Waals surface area contributed by atoms with E-state index in [0.29, 0.717) is 31.0 Å². The van der Waals surface area contributed by atoms with E-state index in [-0.39, 0.29) is 5.91 Å². The van der Waals surface area contributed by atoms with Crippen LogP contribution in [0.1, 0.15) is 37.7 Å². The summed E-state index contributed by atoms with van der Waals surface area (Å²) in [6, 6.07) is 7.03. The van der Waals surface area contributed by atoms with Crippen molar-refractivity contribution in [3.63, 3.8) is 0 Å². The van der Waals surface area contributed by atoms with E-state index >= 15 is 0 Å². The Morgan fingerprint density at radius 3 is 2.76 bits per heavy atom. The fraction of sp³-hybridized carbons (Fsp3) is 0.526. The maximum Gasteiger partial charge on any atom is 0.243 e. The van der Waals surface area contributed by atoms with Crippen LogP contribution < -0.4 is 0 Å². The first kappa shape index (κ1) is 18.1. The van der Waals surface area contributed by atoms with E-state index in [9.17, 15) is 13.2 Å². The second-order valence-electron chi connectivity index (χ2n) is 7.13. The third-order valence-corrected chi connectivity index (χ3v) is 7.21. The van der Waals surface area contributed by atoms with Crippen molar-refractivity contribution >= 4 is 15.9 Å². The van der Waals surface area contributed by atoms with E-state index in [1.807, 2.05) is 17.9 Å². The summed E-state index contributed by atoms with van der Waals surface area (Å²) >= 11 is 0. The number of piperidine rings is 2. The molecule has 5 nitrogen and oxygen atoms in total. The van der Waals surface area contributed by atoms with Crippen molar-refractivity contribution < 1.29 is 13.2 Å². The van der Waals surface area contributed by atoms with Gasteiger partial charge < -0.3 is 4.90 Å².